The van der Waals surface area contributed by atoms with Gasteiger partial charge in [-0.05, 0) is 29.7 Å². The lowest BCUT2D eigenvalue weighted by atomic mass is 10.1. The van der Waals surface area contributed by atoms with Crippen molar-refractivity contribution in [3.05, 3.63) is 59.7 Å². The second-order valence-electron chi connectivity index (χ2n) is 5.28. The molecule has 5 nitrogen and oxygen atoms in total. The Balaban J connectivity index is 0.00000208. The van der Waals surface area contributed by atoms with Gasteiger partial charge in [-0.3, -0.25) is 4.99 Å². The number of nitrogens with zero attached hydrogens (tertiary/aromatic N) is 1. The number of ether oxygens (including phenoxy) is 2. The van der Waals surface area contributed by atoms with Gasteiger partial charge in [0.1, 0.15) is 0 Å². The lowest BCUT2D eigenvalue weighted by molar-refractivity contribution is 0.174. The fourth-order valence-electron chi connectivity index (χ4n) is 2.42. The summed E-state index contributed by atoms with van der Waals surface area (Å²) in [4.78, 5) is 4.24. The summed E-state index contributed by atoms with van der Waals surface area (Å²) >= 11 is 0. The van der Waals surface area contributed by atoms with Gasteiger partial charge in [-0.1, -0.05) is 36.4 Å². The minimum absolute atomic E-state index is 0. The van der Waals surface area contributed by atoms with Crippen molar-refractivity contribution in [1.29, 1.82) is 0 Å². The average Bonchev–Trinajstić information content (AvgIpc) is 3.06. The second kappa shape index (κ2) is 9.36. The fraction of sp³-hybridized carbons (Fsp3) is 0.278. The summed E-state index contributed by atoms with van der Waals surface area (Å²) in [5.74, 6) is 2.45. The molecule has 6 heteroatoms. The maximum atomic E-state index is 5.40. The molecule has 0 radical (unpaired) electrons. The van der Waals surface area contributed by atoms with E-state index in [2.05, 4.69) is 33.8 Å². The lowest BCUT2D eigenvalue weighted by Gasteiger charge is -2.12. The molecule has 0 saturated carbocycles. The molecule has 2 aromatic rings. The van der Waals surface area contributed by atoms with Crippen molar-refractivity contribution < 1.29 is 9.47 Å². The first-order valence-corrected chi connectivity index (χ1v) is 7.72. The third kappa shape index (κ3) is 5.02. The third-order valence-electron chi connectivity index (χ3n) is 3.67. The zero-order chi connectivity index (χ0) is 15.9. The van der Waals surface area contributed by atoms with Crippen LogP contribution in [0.3, 0.4) is 0 Å². The van der Waals surface area contributed by atoms with Crippen molar-refractivity contribution in [3.63, 3.8) is 0 Å². The fourth-order valence-corrected chi connectivity index (χ4v) is 2.42. The molecule has 1 heterocycles. The van der Waals surface area contributed by atoms with Crippen LogP contribution in [0.1, 0.15) is 11.1 Å². The molecular weight excluding hydrogens is 417 g/mol. The van der Waals surface area contributed by atoms with Gasteiger partial charge in [-0.15, -0.1) is 24.0 Å². The van der Waals surface area contributed by atoms with Crippen LogP contribution in [-0.2, 0) is 13.0 Å². The van der Waals surface area contributed by atoms with Gasteiger partial charge in [-0.2, -0.15) is 0 Å². The highest BCUT2D eigenvalue weighted by atomic mass is 127. The molecule has 0 amide bonds. The van der Waals surface area contributed by atoms with Crippen molar-refractivity contribution in [2.75, 3.05) is 20.4 Å². The molecule has 2 N–H and O–H groups in total. The summed E-state index contributed by atoms with van der Waals surface area (Å²) in [5, 5.41) is 6.63. The predicted octanol–water partition coefficient (Wildman–Crippen LogP) is 2.94. The zero-order valence-electron chi connectivity index (χ0n) is 13.6. The Kier molecular flexibility index (Phi) is 7.17. The van der Waals surface area contributed by atoms with Crippen molar-refractivity contribution >= 4 is 29.9 Å². The largest absolute Gasteiger partial charge is 0.454 e. The van der Waals surface area contributed by atoms with E-state index in [0.29, 0.717) is 6.79 Å². The molecule has 128 valence electrons. The molecule has 0 atom stereocenters. The smallest absolute Gasteiger partial charge is 0.231 e. The van der Waals surface area contributed by atoms with Crippen LogP contribution < -0.4 is 20.1 Å². The molecule has 1 aliphatic rings. The Morgan fingerprint density at radius 3 is 2.58 bits per heavy atom. The maximum Gasteiger partial charge on any atom is 0.231 e. The summed E-state index contributed by atoms with van der Waals surface area (Å²) in [6.45, 7) is 1.87. The first-order valence-electron chi connectivity index (χ1n) is 7.72. The van der Waals surface area contributed by atoms with Gasteiger partial charge in [0.25, 0.3) is 0 Å². The first-order chi connectivity index (χ1) is 11.3. The van der Waals surface area contributed by atoms with E-state index in [9.17, 15) is 0 Å². The number of fused-ring (bicyclic) bond motifs is 1. The summed E-state index contributed by atoms with van der Waals surface area (Å²) in [6.07, 6.45) is 0.892. The van der Waals surface area contributed by atoms with E-state index in [0.717, 1.165) is 37.0 Å². The van der Waals surface area contributed by atoms with E-state index in [-0.39, 0.29) is 24.0 Å². The number of rotatable bonds is 5. The monoisotopic (exact) mass is 439 g/mol. The summed E-state index contributed by atoms with van der Waals surface area (Å²) < 4.78 is 10.7. The van der Waals surface area contributed by atoms with Gasteiger partial charge in [0.05, 0.1) is 0 Å². The normalized spacial score (nSPS) is 12.5. The highest BCUT2D eigenvalue weighted by Gasteiger charge is 2.12. The van der Waals surface area contributed by atoms with Crippen molar-refractivity contribution in [1.82, 2.24) is 10.6 Å². The summed E-state index contributed by atoms with van der Waals surface area (Å²) in [5.41, 5.74) is 2.44. The lowest BCUT2D eigenvalue weighted by Crippen LogP contribution is -2.37. The van der Waals surface area contributed by atoms with E-state index < -0.39 is 0 Å². The molecule has 2 aromatic carbocycles. The summed E-state index contributed by atoms with van der Waals surface area (Å²) in [7, 11) is 1.78. The molecule has 0 aromatic heterocycles. The highest BCUT2D eigenvalue weighted by Crippen LogP contribution is 2.32. The third-order valence-corrected chi connectivity index (χ3v) is 3.67. The molecule has 24 heavy (non-hydrogen) atoms. The van der Waals surface area contributed by atoms with E-state index in [4.69, 9.17) is 9.47 Å². The van der Waals surface area contributed by atoms with Crippen molar-refractivity contribution in [2.45, 2.75) is 13.0 Å². The quantitative estimate of drug-likeness (QED) is 0.428. The van der Waals surface area contributed by atoms with Crippen molar-refractivity contribution in [3.8, 4) is 11.5 Å². The maximum absolute atomic E-state index is 5.40. The van der Waals surface area contributed by atoms with Gasteiger partial charge in [0, 0.05) is 20.1 Å². The minimum atomic E-state index is 0. The van der Waals surface area contributed by atoms with Crippen LogP contribution in [0.2, 0.25) is 0 Å². The Morgan fingerprint density at radius 1 is 1.00 bits per heavy atom. The predicted molar refractivity (Wildman–Crippen MR) is 106 cm³/mol. The Morgan fingerprint density at radius 2 is 1.79 bits per heavy atom. The van der Waals surface area contributed by atoms with Crippen LogP contribution in [-0.4, -0.2) is 26.3 Å². The number of benzene rings is 2. The Hall–Kier alpha value is -1.96. The van der Waals surface area contributed by atoms with E-state index in [1.54, 1.807) is 7.05 Å². The summed E-state index contributed by atoms with van der Waals surface area (Å²) in [6, 6.07) is 16.3. The standard InChI is InChI=1S/C18H21N3O2.HI/c1-19-18(21-12-15-5-3-2-4-6-15)20-10-9-14-7-8-16-17(11-14)23-13-22-16;/h2-8,11H,9-10,12-13H2,1H3,(H2,19,20,21);1H. The molecule has 0 unspecified atom stereocenters. The minimum Gasteiger partial charge on any atom is -0.454 e. The molecule has 0 spiro atoms. The van der Waals surface area contributed by atoms with Crippen molar-refractivity contribution in [2.24, 2.45) is 4.99 Å². The number of hydrogen-bond acceptors (Lipinski definition) is 3. The molecule has 0 aliphatic carbocycles. The molecule has 0 bridgehead atoms. The molecule has 0 fully saturated rings. The van der Waals surface area contributed by atoms with Crippen LogP contribution >= 0.6 is 24.0 Å². The average molecular weight is 439 g/mol. The second-order valence-corrected chi connectivity index (χ2v) is 5.28. The Labute approximate surface area is 159 Å². The van der Waals surface area contributed by atoms with E-state index >= 15 is 0 Å². The first kappa shape index (κ1) is 18.4. The molecule has 1 aliphatic heterocycles. The van der Waals surface area contributed by atoms with Gasteiger partial charge < -0.3 is 20.1 Å². The number of aliphatic imine (C=N–C) groups is 1. The van der Waals surface area contributed by atoms with Gasteiger partial charge in [0.2, 0.25) is 6.79 Å². The van der Waals surface area contributed by atoms with Crippen LogP contribution in [0.15, 0.2) is 53.5 Å². The molecule has 3 rings (SSSR count). The number of guanidine groups is 1. The Bertz CT molecular complexity index is 677. The van der Waals surface area contributed by atoms with Gasteiger partial charge >= 0.3 is 0 Å². The van der Waals surface area contributed by atoms with Gasteiger partial charge in [-0.25, -0.2) is 0 Å². The molecule has 0 saturated heterocycles. The number of hydrogen-bond donors (Lipinski definition) is 2. The zero-order valence-corrected chi connectivity index (χ0v) is 15.9. The van der Waals surface area contributed by atoms with E-state index in [1.807, 2.05) is 30.3 Å². The van der Waals surface area contributed by atoms with Crippen LogP contribution in [0, 0.1) is 0 Å². The number of halogens is 1. The molecular formula is C18H22IN3O2. The van der Waals surface area contributed by atoms with Crippen LogP contribution in [0.5, 0.6) is 11.5 Å². The van der Waals surface area contributed by atoms with Gasteiger partial charge in [0.15, 0.2) is 17.5 Å². The SMILES string of the molecule is CN=C(NCCc1ccc2c(c1)OCO2)NCc1ccccc1.I. The topological polar surface area (TPSA) is 54.9 Å². The van der Waals surface area contributed by atoms with Crippen LogP contribution in [0.4, 0.5) is 0 Å². The highest BCUT2D eigenvalue weighted by molar-refractivity contribution is 14.0. The van der Waals surface area contributed by atoms with E-state index in [1.165, 1.54) is 11.1 Å². The number of nitrogens with one attached hydrogen (secondary N) is 2. The van der Waals surface area contributed by atoms with Crippen LogP contribution in [0.25, 0.3) is 0 Å².